The van der Waals surface area contributed by atoms with Gasteiger partial charge in [-0.1, -0.05) is 6.42 Å². The van der Waals surface area contributed by atoms with Gasteiger partial charge in [-0.25, -0.2) is 0 Å². The van der Waals surface area contributed by atoms with E-state index in [9.17, 15) is 4.79 Å². The number of aliphatic hydroxyl groups is 1. The van der Waals surface area contributed by atoms with Crippen molar-refractivity contribution in [3.63, 3.8) is 0 Å². The molecule has 0 spiro atoms. The van der Waals surface area contributed by atoms with Gasteiger partial charge < -0.3 is 9.84 Å². The van der Waals surface area contributed by atoms with Crippen LogP contribution in [-0.2, 0) is 9.53 Å². The van der Waals surface area contributed by atoms with E-state index >= 15 is 0 Å². The van der Waals surface area contributed by atoms with E-state index in [1.54, 1.807) is 0 Å². The molecular formula is C11H20O3. The molecule has 0 amide bonds. The summed E-state index contributed by atoms with van der Waals surface area (Å²) in [5.41, 5.74) is 0. The highest BCUT2D eigenvalue weighted by atomic mass is 16.5. The summed E-state index contributed by atoms with van der Waals surface area (Å²) in [4.78, 5) is 11.3. The van der Waals surface area contributed by atoms with Crippen LogP contribution >= 0.6 is 0 Å². The number of unbranched alkanes of at least 4 members (excludes halogenated alkanes) is 2. The summed E-state index contributed by atoms with van der Waals surface area (Å²) in [6, 6.07) is 0. The Morgan fingerprint density at radius 2 is 1.93 bits per heavy atom. The van der Waals surface area contributed by atoms with Crippen molar-refractivity contribution in [2.45, 2.75) is 57.5 Å². The van der Waals surface area contributed by atoms with Gasteiger partial charge in [-0.3, -0.25) is 4.79 Å². The van der Waals surface area contributed by atoms with Crippen molar-refractivity contribution in [2.75, 3.05) is 6.61 Å². The molecular weight excluding hydrogens is 180 g/mol. The van der Waals surface area contributed by atoms with Gasteiger partial charge in [0.1, 0.15) is 6.10 Å². The number of hydrogen-bond acceptors (Lipinski definition) is 3. The fourth-order valence-corrected chi connectivity index (χ4v) is 1.81. The quantitative estimate of drug-likeness (QED) is 0.527. The van der Waals surface area contributed by atoms with Crippen LogP contribution in [0, 0.1) is 0 Å². The van der Waals surface area contributed by atoms with E-state index in [2.05, 4.69) is 0 Å². The van der Waals surface area contributed by atoms with Crippen LogP contribution in [0.1, 0.15) is 51.4 Å². The normalized spacial score (nSPS) is 17.2. The Morgan fingerprint density at radius 3 is 2.57 bits per heavy atom. The van der Waals surface area contributed by atoms with Gasteiger partial charge >= 0.3 is 5.97 Å². The number of hydrogen-bond donors (Lipinski definition) is 1. The Labute approximate surface area is 85.5 Å². The first-order chi connectivity index (χ1) is 6.83. The molecule has 1 aliphatic rings. The van der Waals surface area contributed by atoms with Crippen molar-refractivity contribution in [3.05, 3.63) is 0 Å². The third kappa shape index (κ3) is 4.61. The highest BCUT2D eigenvalue weighted by molar-refractivity contribution is 5.69. The monoisotopic (exact) mass is 200 g/mol. The molecule has 14 heavy (non-hydrogen) atoms. The van der Waals surface area contributed by atoms with Crippen molar-refractivity contribution in [1.82, 2.24) is 0 Å². The largest absolute Gasteiger partial charge is 0.462 e. The fraction of sp³-hybridized carbons (Fsp3) is 0.909. The Hall–Kier alpha value is -0.570. The summed E-state index contributed by atoms with van der Waals surface area (Å²) in [5.74, 6) is -0.0603. The van der Waals surface area contributed by atoms with Crippen LogP contribution in [0.3, 0.4) is 0 Å². The van der Waals surface area contributed by atoms with Gasteiger partial charge in [0.25, 0.3) is 0 Å². The molecule has 0 aromatic rings. The maximum Gasteiger partial charge on any atom is 0.306 e. The molecule has 82 valence electrons. The smallest absolute Gasteiger partial charge is 0.306 e. The molecule has 1 fully saturated rings. The number of esters is 1. The Morgan fingerprint density at radius 1 is 1.21 bits per heavy atom. The maximum atomic E-state index is 11.3. The summed E-state index contributed by atoms with van der Waals surface area (Å²) < 4.78 is 5.29. The topological polar surface area (TPSA) is 46.5 Å². The van der Waals surface area contributed by atoms with Gasteiger partial charge in [0.2, 0.25) is 0 Å². The second-order valence-electron chi connectivity index (χ2n) is 3.93. The lowest BCUT2D eigenvalue weighted by Gasteiger charge is -2.10. The molecule has 3 nitrogen and oxygen atoms in total. The fourth-order valence-electron chi connectivity index (χ4n) is 1.81. The maximum absolute atomic E-state index is 11.3. The summed E-state index contributed by atoms with van der Waals surface area (Å²) in [7, 11) is 0. The van der Waals surface area contributed by atoms with Crippen LogP contribution in [-0.4, -0.2) is 23.8 Å². The SMILES string of the molecule is O=C(CCCCCO)OC1CCCC1. The minimum Gasteiger partial charge on any atom is -0.462 e. The van der Waals surface area contributed by atoms with Gasteiger partial charge in [0, 0.05) is 13.0 Å². The van der Waals surface area contributed by atoms with Gasteiger partial charge in [0.05, 0.1) is 0 Å². The van der Waals surface area contributed by atoms with Crippen molar-refractivity contribution < 1.29 is 14.6 Å². The van der Waals surface area contributed by atoms with Gasteiger partial charge in [-0.2, -0.15) is 0 Å². The molecule has 0 saturated heterocycles. The predicted octanol–water partition coefficient (Wildman–Crippen LogP) is 2.02. The van der Waals surface area contributed by atoms with Gasteiger partial charge in [-0.15, -0.1) is 0 Å². The zero-order chi connectivity index (χ0) is 10.2. The number of ether oxygens (including phenoxy) is 1. The summed E-state index contributed by atoms with van der Waals surface area (Å²) in [6.07, 6.45) is 7.73. The van der Waals surface area contributed by atoms with Crippen LogP contribution in [0.2, 0.25) is 0 Å². The average molecular weight is 200 g/mol. The van der Waals surface area contributed by atoms with Crippen LogP contribution in [0.25, 0.3) is 0 Å². The lowest BCUT2D eigenvalue weighted by molar-refractivity contribution is -0.148. The van der Waals surface area contributed by atoms with Crippen LogP contribution in [0.15, 0.2) is 0 Å². The molecule has 0 aliphatic heterocycles. The number of aliphatic hydroxyl groups excluding tert-OH is 1. The van der Waals surface area contributed by atoms with E-state index in [0.717, 1.165) is 32.1 Å². The first kappa shape index (κ1) is 11.5. The summed E-state index contributed by atoms with van der Waals surface area (Å²) in [5, 5.41) is 8.55. The lowest BCUT2D eigenvalue weighted by Crippen LogP contribution is -2.14. The van der Waals surface area contributed by atoms with Crippen molar-refractivity contribution in [3.8, 4) is 0 Å². The first-order valence-corrected chi connectivity index (χ1v) is 5.63. The van der Waals surface area contributed by atoms with E-state index < -0.39 is 0 Å². The van der Waals surface area contributed by atoms with Gasteiger partial charge in [0.15, 0.2) is 0 Å². The van der Waals surface area contributed by atoms with Crippen molar-refractivity contribution in [2.24, 2.45) is 0 Å². The highest BCUT2D eigenvalue weighted by Gasteiger charge is 2.18. The second kappa shape index (κ2) is 6.82. The van der Waals surface area contributed by atoms with E-state index in [1.165, 1.54) is 12.8 Å². The summed E-state index contributed by atoms with van der Waals surface area (Å²) >= 11 is 0. The molecule has 0 radical (unpaired) electrons. The van der Waals surface area contributed by atoms with E-state index in [1.807, 2.05) is 0 Å². The standard InChI is InChI=1S/C11H20O3/c12-9-5-1-2-8-11(13)14-10-6-3-4-7-10/h10,12H,1-9H2. The number of carbonyl (C=O) groups is 1. The van der Waals surface area contributed by atoms with E-state index in [-0.39, 0.29) is 18.7 Å². The van der Waals surface area contributed by atoms with Crippen LogP contribution in [0.5, 0.6) is 0 Å². The Kier molecular flexibility index (Phi) is 5.60. The van der Waals surface area contributed by atoms with E-state index in [4.69, 9.17) is 9.84 Å². The second-order valence-corrected chi connectivity index (χ2v) is 3.93. The highest BCUT2D eigenvalue weighted by Crippen LogP contribution is 2.21. The molecule has 0 unspecified atom stereocenters. The minimum atomic E-state index is -0.0603. The van der Waals surface area contributed by atoms with Gasteiger partial charge in [-0.05, 0) is 38.5 Å². The molecule has 1 rings (SSSR count). The zero-order valence-corrected chi connectivity index (χ0v) is 8.71. The van der Waals surface area contributed by atoms with Crippen LogP contribution < -0.4 is 0 Å². The van der Waals surface area contributed by atoms with Crippen molar-refractivity contribution >= 4 is 5.97 Å². The molecule has 0 atom stereocenters. The minimum absolute atomic E-state index is 0.0603. The Bertz CT molecular complexity index is 162. The predicted molar refractivity (Wildman–Crippen MR) is 53.9 cm³/mol. The van der Waals surface area contributed by atoms with E-state index in [0.29, 0.717) is 6.42 Å². The third-order valence-electron chi connectivity index (χ3n) is 2.64. The lowest BCUT2D eigenvalue weighted by atomic mass is 10.2. The molecule has 1 aliphatic carbocycles. The summed E-state index contributed by atoms with van der Waals surface area (Å²) in [6.45, 7) is 0.220. The molecule has 3 heteroatoms. The molecule has 0 aromatic heterocycles. The number of rotatable bonds is 6. The molecule has 0 bridgehead atoms. The Balaban J connectivity index is 1.98. The zero-order valence-electron chi connectivity index (χ0n) is 8.71. The average Bonchev–Trinajstić information content (AvgIpc) is 2.65. The number of carbonyl (C=O) groups excluding carboxylic acids is 1. The first-order valence-electron chi connectivity index (χ1n) is 5.63. The molecule has 0 heterocycles. The molecule has 1 N–H and O–H groups in total. The molecule has 0 aromatic carbocycles. The molecule has 1 saturated carbocycles. The van der Waals surface area contributed by atoms with Crippen molar-refractivity contribution in [1.29, 1.82) is 0 Å². The third-order valence-corrected chi connectivity index (χ3v) is 2.64. The van der Waals surface area contributed by atoms with Crippen LogP contribution in [0.4, 0.5) is 0 Å².